The lowest BCUT2D eigenvalue weighted by Crippen LogP contribution is -2.10. The molecule has 0 unspecified atom stereocenters. The van der Waals surface area contributed by atoms with Crippen LogP contribution >= 0.6 is 15.9 Å². The van der Waals surface area contributed by atoms with Gasteiger partial charge in [-0.15, -0.1) is 0 Å². The Bertz CT molecular complexity index is 332. The summed E-state index contributed by atoms with van der Waals surface area (Å²) in [7, 11) is 0. The van der Waals surface area contributed by atoms with Crippen LogP contribution < -0.4 is 0 Å². The predicted octanol–water partition coefficient (Wildman–Crippen LogP) is 2.22. The van der Waals surface area contributed by atoms with E-state index in [0.29, 0.717) is 6.42 Å². The first kappa shape index (κ1) is 9.03. The van der Waals surface area contributed by atoms with E-state index in [2.05, 4.69) is 15.9 Å². The van der Waals surface area contributed by atoms with E-state index in [1.165, 1.54) is 0 Å². The Balaban J connectivity index is 2.20. The molecule has 1 aromatic carbocycles. The van der Waals surface area contributed by atoms with Crippen LogP contribution in [0.3, 0.4) is 0 Å². The molecular weight excluding hydrogens is 232 g/mol. The van der Waals surface area contributed by atoms with Crippen molar-refractivity contribution in [2.75, 3.05) is 0 Å². The lowest BCUT2D eigenvalue weighted by Gasteiger charge is -2.09. The standard InChI is InChI=1S/C10H11BrO2/c11-8-2-1-7(9(12)5-8)6-10(13)3-4-10/h1-2,5,12-13H,3-4,6H2. The van der Waals surface area contributed by atoms with Gasteiger partial charge in [0.2, 0.25) is 0 Å². The molecule has 1 aliphatic rings. The molecule has 13 heavy (non-hydrogen) atoms. The summed E-state index contributed by atoms with van der Waals surface area (Å²) < 4.78 is 0.858. The van der Waals surface area contributed by atoms with Crippen LogP contribution in [0.4, 0.5) is 0 Å². The van der Waals surface area contributed by atoms with Gasteiger partial charge in [-0.2, -0.15) is 0 Å². The Morgan fingerprint density at radius 3 is 2.62 bits per heavy atom. The monoisotopic (exact) mass is 242 g/mol. The third kappa shape index (κ3) is 2.03. The number of aromatic hydroxyl groups is 1. The number of rotatable bonds is 2. The van der Waals surface area contributed by atoms with Crippen molar-refractivity contribution in [3.05, 3.63) is 28.2 Å². The zero-order chi connectivity index (χ0) is 9.47. The van der Waals surface area contributed by atoms with Crippen LogP contribution in [0.5, 0.6) is 5.75 Å². The lowest BCUT2D eigenvalue weighted by molar-refractivity contribution is 0.150. The molecule has 0 spiro atoms. The minimum atomic E-state index is -0.536. The molecule has 3 heteroatoms. The van der Waals surface area contributed by atoms with Gasteiger partial charge >= 0.3 is 0 Å². The number of phenolic OH excluding ortho intramolecular Hbond substituents is 1. The number of aliphatic hydroxyl groups is 1. The molecule has 2 nitrogen and oxygen atoms in total. The summed E-state index contributed by atoms with van der Waals surface area (Å²) >= 11 is 3.27. The minimum Gasteiger partial charge on any atom is -0.508 e. The van der Waals surface area contributed by atoms with Gasteiger partial charge in [-0.1, -0.05) is 22.0 Å². The van der Waals surface area contributed by atoms with Crippen molar-refractivity contribution < 1.29 is 10.2 Å². The Labute approximate surface area is 85.3 Å². The molecule has 0 aliphatic heterocycles. The molecule has 0 saturated heterocycles. The predicted molar refractivity (Wildman–Crippen MR) is 53.7 cm³/mol. The zero-order valence-electron chi connectivity index (χ0n) is 7.13. The molecule has 1 fully saturated rings. The van der Waals surface area contributed by atoms with Crippen LogP contribution in [-0.2, 0) is 6.42 Å². The van der Waals surface area contributed by atoms with Gasteiger partial charge in [-0.05, 0) is 30.5 Å². The van der Waals surface area contributed by atoms with Crippen molar-refractivity contribution in [1.82, 2.24) is 0 Å². The zero-order valence-corrected chi connectivity index (χ0v) is 8.71. The average Bonchev–Trinajstić information content (AvgIpc) is 2.75. The molecule has 0 amide bonds. The molecule has 0 atom stereocenters. The lowest BCUT2D eigenvalue weighted by atomic mass is 10.1. The van der Waals surface area contributed by atoms with Crippen LogP contribution in [0.2, 0.25) is 0 Å². The van der Waals surface area contributed by atoms with Gasteiger partial charge < -0.3 is 10.2 Å². The normalized spacial score (nSPS) is 18.6. The number of halogens is 1. The molecule has 0 bridgehead atoms. The van der Waals surface area contributed by atoms with E-state index in [9.17, 15) is 10.2 Å². The Morgan fingerprint density at radius 1 is 1.38 bits per heavy atom. The Morgan fingerprint density at radius 2 is 2.08 bits per heavy atom. The van der Waals surface area contributed by atoms with E-state index >= 15 is 0 Å². The van der Waals surface area contributed by atoms with Gasteiger partial charge in [0.05, 0.1) is 5.60 Å². The van der Waals surface area contributed by atoms with Crippen LogP contribution in [0.25, 0.3) is 0 Å². The van der Waals surface area contributed by atoms with Crippen molar-refractivity contribution in [1.29, 1.82) is 0 Å². The fourth-order valence-electron chi connectivity index (χ4n) is 1.36. The summed E-state index contributed by atoms with van der Waals surface area (Å²) in [5.41, 5.74) is 0.286. The Hall–Kier alpha value is -0.540. The molecule has 2 rings (SSSR count). The Kier molecular flexibility index (Phi) is 2.08. The van der Waals surface area contributed by atoms with Crippen molar-refractivity contribution in [2.45, 2.75) is 24.9 Å². The van der Waals surface area contributed by atoms with Gasteiger partial charge in [0.25, 0.3) is 0 Å². The maximum absolute atomic E-state index is 9.65. The maximum Gasteiger partial charge on any atom is 0.119 e. The number of benzene rings is 1. The second-order valence-electron chi connectivity index (χ2n) is 3.67. The van der Waals surface area contributed by atoms with Gasteiger partial charge in [-0.3, -0.25) is 0 Å². The van der Waals surface area contributed by atoms with Gasteiger partial charge in [0.15, 0.2) is 0 Å². The maximum atomic E-state index is 9.65. The number of hydrogen-bond donors (Lipinski definition) is 2. The smallest absolute Gasteiger partial charge is 0.119 e. The fourth-order valence-corrected chi connectivity index (χ4v) is 1.71. The summed E-state index contributed by atoms with van der Waals surface area (Å²) in [4.78, 5) is 0. The average molecular weight is 243 g/mol. The fraction of sp³-hybridized carbons (Fsp3) is 0.400. The van der Waals surface area contributed by atoms with E-state index in [1.807, 2.05) is 12.1 Å². The van der Waals surface area contributed by atoms with Crippen molar-refractivity contribution in [3.8, 4) is 5.75 Å². The SMILES string of the molecule is Oc1cc(Br)ccc1CC1(O)CC1. The third-order valence-corrected chi connectivity index (χ3v) is 2.89. The van der Waals surface area contributed by atoms with Crippen molar-refractivity contribution in [3.63, 3.8) is 0 Å². The summed E-state index contributed by atoms with van der Waals surface area (Å²) in [5.74, 6) is 0.259. The molecule has 1 aromatic rings. The van der Waals surface area contributed by atoms with E-state index < -0.39 is 5.60 Å². The number of hydrogen-bond acceptors (Lipinski definition) is 2. The summed E-state index contributed by atoms with van der Waals surface area (Å²) in [6.07, 6.45) is 2.26. The molecular formula is C10H11BrO2. The van der Waals surface area contributed by atoms with Gasteiger partial charge in [0.1, 0.15) is 5.75 Å². The summed E-state index contributed by atoms with van der Waals surface area (Å²) in [6, 6.07) is 5.37. The highest BCUT2D eigenvalue weighted by Crippen LogP contribution is 2.40. The first-order valence-electron chi connectivity index (χ1n) is 4.29. The second-order valence-corrected chi connectivity index (χ2v) is 4.59. The van der Waals surface area contributed by atoms with E-state index in [1.54, 1.807) is 6.07 Å². The highest BCUT2D eigenvalue weighted by atomic mass is 79.9. The van der Waals surface area contributed by atoms with Gasteiger partial charge in [0, 0.05) is 10.9 Å². The molecule has 1 saturated carbocycles. The van der Waals surface area contributed by atoms with Crippen LogP contribution in [-0.4, -0.2) is 15.8 Å². The first-order valence-corrected chi connectivity index (χ1v) is 5.08. The summed E-state index contributed by atoms with van der Waals surface area (Å²) in [5, 5.41) is 19.2. The van der Waals surface area contributed by atoms with Crippen LogP contribution in [0, 0.1) is 0 Å². The quantitative estimate of drug-likeness (QED) is 0.836. The van der Waals surface area contributed by atoms with Gasteiger partial charge in [-0.25, -0.2) is 0 Å². The van der Waals surface area contributed by atoms with E-state index in [0.717, 1.165) is 22.9 Å². The summed E-state index contributed by atoms with van der Waals surface area (Å²) in [6.45, 7) is 0. The van der Waals surface area contributed by atoms with E-state index in [-0.39, 0.29) is 5.75 Å². The largest absolute Gasteiger partial charge is 0.508 e. The van der Waals surface area contributed by atoms with Crippen molar-refractivity contribution in [2.24, 2.45) is 0 Å². The molecule has 1 aliphatic carbocycles. The van der Waals surface area contributed by atoms with E-state index in [4.69, 9.17) is 0 Å². The third-order valence-electron chi connectivity index (χ3n) is 2.39. The minimum absolute atomic E-state index is 0.259. The highest BCUT2D eigenvalue weighted by Gasteiger charge is 2.40. The highest BCUT2D eigenvalue weighted by molar-refractivity contribution is 9.10. The first-order chi connectivity index (χ1) is 6.09. The number of phenols is 1. The molecule has 2 N–H and O–H groups in total. The molecule has 0 heterocycles. The second kappa shape index (κ2) is 3.00. The molecule has 70 valence electrons. The van der Waals surface area contributed by atoms with Crippen LogP contribution in [0.15, 0.2) is 22.7 Å². The molecule has 0 radical (unpaired) electrons. The topological polar surface area (TPSA) is 40.5 Å². The van der Waals surface area contributed by atoms with Crippen molar-refractivity contribution >= 4 is 15.9 Å². The van der Waals surface area contributed by atoms with Crippen LogP contribution in [0.1, 0.15) is 18.4 Å². The molecule has 0 aromatic heterocycles.